The lowest BCUT2D eigenvalue weighted by atomic mass is 10.2. The van der Waals surface area contributed by atoms with Crippen LogP contribution in [0.4, 0.5) is 0 Å². The first-order chi connectivity index (χ1) is 6.65. The molecule has 0 bridgehead atoms. The van der Waals surface area contributed by atoms with Crippen LogP contribution in [0.5, 0.6) is 5.75 Å². The Labute approximate surface area is 85.3 Å². The van der Waals surface area contributed by atoms with Crippen LogP contribution in [-0.4, -0.2) is 11.6 Å². The number of hydrogen-bond donors (Lipinski definition) is 1. The molecule has 0 spiro atoms. The van der Waals surface area contributed by atoms with Crippen molar-refractivity contribution in [2.75, 3.05) is 6.61 Å². The third-order valence-corrected chi connectivity index (χ3v) is 2.02. The second-order valence-electron chi connectivity index (χ2n) is 3.79. The van der Waals surface area contributed by atoms with Crippen LogP contribution in [0.25, 0.3) is 0 Å². The van der Waals surface area contributed by atoms with E-state index in [1.54, 1.807) is 6.20 Å². The van der Waals surface area contributed by atoms with Gasteiger partial charge in [0.05, 0.1) is 12.3 Å². The monoisotopic (exact) mass is 194 g/mol. The Morgan fingerprint density at radius 3 is 2.79 bits per heavy atom. The van der Waals surface area contributed by atoms with Crippen LogP contribution in [0, 0.1) is 12.8 Å². The molecule has 1 aromatic heterocycles. The summed E-state index contributed by atoms with van der Waals surface area (Å²) in [5.41, 5.74) is 7.52. The minimum Gasteiger partial charge on any atom is -0.493 e. The summed E-state index contributed by atoms with van der Waals surface area (Å²) in [4.78, 5) is 4.18. The van der Waals surface area contributed by atoms with Crippen molar-refractivity contribution >= 4 is 0 Å². The van der Waals surface area contributed by atoms with Gasteiger partial charge in [-0.15, -0.1) is 0 Å². The molecule has 0 saturated carbocycles. The minimum atomic E-state index is 0.463. The van der Waals surface area contributed by atoms with Crippen molar-refractivity contribution < 1.29 is 4.74 Å². The summed E-state index contributed by atoms with van der Waals surface area (Å²) in [7, 11) is 0. The molecule has 0 atom stereocenters. The molecule has 0 fully saturated rings. The highest BCUT2D eigenvalue weighted by Gasteiger charge is 2.05. The van der Waals surface area contributed by atoms with Gasteiger partial charge in [-0.05, 0) is 18.9 Å². The molecule has 0 aromatic carbocycles. The lowest BCUT2D eigenvalue weighted by Gasteiger charge is -2.12. The largest absolute Gasteiger partial charge is 0.493 e. The first-order valence-electron chi connectivity index (χ1n) is 4.92. The fourth-order valence-corrected chi connectivity index (χ4v) is 1.18. The summed E-state index contributed by atoms with van der Waals surface area (Å²) in [5.74, 6) is 1.43. The molecule has 0 radical (unpaired) electrons. The van der Waals surface area contributed by atoms with Crippen LogP contribution in [0.3, 0.4) is 0 Å². The van der Waals surface area contributed by atoms with E-state index in [9.17, 15) is 0 Å². The number of rotatable bonds is 4. The molecule has 2 N–H and O–H groups in total. The highest BCUT2D eigenvalue weighted by atomic mass is 16.5. The third-order valence-electron chi connectivity index (χ3n) is 2.02. The summed E-state index contributed by atoms with van der Waals surface area (Å²) in [5, 5.41) is 0. The van der Waals surface area contributed by atoms with Crippen molar-refractivity contribution in [2.24, 2.45) is 11.7 Å². The molecule has 3 nitrogen and oxygen atoms in total. The molecule has 1 aromatic rings. The Balaban J connectivity index is 2.76. The van der Waals surface area contributed by atoms with Crippen molar-refractivity contribution in [3.63, 3.8) is 0 Å². The van der Waals surface area contributed by atoms with Gasteiger partial charge in [0.1, 0.15) is 5.75 Å². The van der Waals surface area contributed by atoms with E-state index in [4.69, 9.17) is 10.5 Å². The zero-order valence-corrected chi connectivity index (χ0v) is 9.08. The highest BCUT2D eigenvalue weighted by Crippen LogP contribution is 2.19. The zero-order valence-electron chi connectivity index (χ0n) is 9.08. The number of hydrogen-bond acceptors (Lipinski definition) is 3. The molecule has 0 aliphatic heterocycles. The van der Waals surface area contributed by atoms with Crippen molar-refractivity contribution in [2.45, 2.75) is 27.3 Å². The topological polar surface area (TPSA) is 48.1 Å². The van der Waals surface area contributed by atoms with E-state index in [0.717, 1.165) is 23.6 Å². The number of pyridine rings is 1. The van der Waals surface area contributed by atoms with Crippen LogP contribution in [-0.2, 0) is 6.54 Å². The molecule has 0 aliphatic carbocycles. The number of ether oxygens (including phenoxy) is 1. The van der Waals surface area contributed by atoms with Crippen molar-refractivity contribution in [1.82, 2.24) is 4.98 Å². The van der Waals surface area contributed by atoms with Gasteiger partial charge in [0.25, 0.3) is 0 Å². The number of nitrogens with zero attached hydrogens (tertiary/aromatic N) is 1. The SMILES string of the molecule is Cc1c(OCC(C)C)ccnc1CN. The average Bonchev–Trinajstić information content (AvgIpc) is 2.16. The predicted molar refractivity (Wildman–Crippen MR) is 57.2 cm³/mol. The predicted octanol–water partition coefficient (Wildman–Crippen LogP) is 1.88. The molecular weight excluding hydrogens is 176 g/mol. The van der Waals surface area contributed by atoms with Gasteiger partial charge in [0.2, 0.25) is 0 Å². The third kappa shape index (κ3) is 2.70. The molecule has 1 heterocycles. The summed E-state index contributed by atoms with van der Waals surface area (Å²) in [6, 6.07) is 1.89. The molecule has 0 amide bonds. The van der Waals surface area contributed by atoms with E-state index in [2.05, 4.69) is 18.8 Å². The Bertz CT molecular complexity index is 297. The maximum atomic E-state index is 5.65. The van der Waals surface area contributed by atoms with E-state index < -0.39 is 0 Å². The van der Waals surface area contributed by atoms with Gasteiger partial charge < -0.3 is 10.5 Å². The first kappa shape index (κ1) is 11.0. The second kappa shape index (κ2) is 4.96. The lowest BCUT2D eigenvalue weighted by molar-refractivity contribution is 0.269. The highest BCUT2D eigenvalue weighted by molar-refractivity contribution is 5.34. The minimum absolute atomic E-state index is 0.463. The molecule has 0 unspecified atom stereocenters. The Morgan fingerprint density at radius 2 is 2.21 bits per heavy atom. The van der Waals surface area contributed by atoms with Crippen LogP contribution in [0.2, 0.25) is 0 Å². The van der Waals surface area contributed by atoms with Gasteiger partial charge in [-0.3, -0.25) is 4.98 Å². The number of aromatic nitrogens is 1. The Morgan fingerprint density at radius 1 is 1.50 bits per heavy atom. The molecular formula is C11H18N2O. The molecule has 3 heteroatoms. The molecule has 78 valence electrons. The van der Waals surface area contributed by atoms with Gasteiger partial charge in [-0.2, -0.15) is 0 Å². The Kier molecular flexibility index (Phi) is 3.89. The Hall–Kier alpha value is -1.09. The lowest BCUT2D eigenvalue weighted by Crippen LogP contribution is -2.08. The van der Waals surface area contributed by atoms with Gasteiger partial charge in [-0.1, -0.05) is 13.8 Å². The molecule has 1 rings (SSSR count). The van der Waals surface area contributed by atoms with Gasteiger partial charge in [-0.25, -0.2) is 0 Å². The standard InChI is InChI=1S/C11H18N2O/c1-8(2)7-14-11-4-5-13-10(6-12)9(11)3/h4-5,8H,6-7,12H2,1-3H3. The zero-order chi connectivity index (χ0) is 10.6. The fraction of sp³-hybridized carbons (Fsp3) is 0.545. The van der Waals surface area contributed by atoms with Crippen LogP contribution < -0.4 is 10.5 Å². The summed E-state index contributed by atoms with van der Waals surface area (Å²) in [6.45, 7) is 7.44. The maximum Gasteiger partial charge on any atom is 0.125 e. The van der Waals surface area contributed by atoms with Crippen LogP contribution >= 0.6 is 0 Å². The van der Waals surface area contributed by atoms with Crippen molar-refractivity contribution in [3.05, 3.63) is 23.5 Å². The van der Waals surface area contributed by atoms with E-state index in [-0.39, 0.29) is 0 Å². The van der Waals surface area contributed by atoms with Crippen molar-refractivity contribution in [3.8, 4) is 5.75 Å². The normalized spacial score (nSPS) is 10.6. The first-order valence-corrected chi connectivity index (χ1v) is 4.92. The molecule has 14 heavy (non-hydrogen) atoms. The average molecular weight is 194 g/mol. The quantitative estimate of drug-likeness (QED) is 0.796. The maximum absolute atomic E-state index is 5.65. The summed E-state index contributed by atoms with van der Waals surface area (Å²) in [6.07, 6.45) is 1.74. The molecule has 0 aliphatic rings. The fourth-order valence-electron chi connectivity index (χ4n) is 1.18. The summed E-state index contributed by atoms with van der Waals surface area (Å²) < 4.78 is 5.65. The van der Waals surface area contributed by atoms with Gasteiger partial charge in [0, 0.05) is 18.3 Å². The van der Waals surface area contributed by atoms with Gasteiger partial charge >= 0.3 is 0 Å². The smallest absolute Gasteiger partial charge is 0.125 e. The number of nitrogens with two attached hydrogens (primary N) is 1. The van der Waals surface area contributed by atoms with E-state index in [0.29, 0.717) is 12.5 Å². The van der Waals surface area contributed by atoms with E-state index in [1.807, 2.05) is 13.0 Å². The second-order valence-corrected chi connectivity index (χ2v) is 3.79. The van der Waals surface area contributed by atoms with E-state index >= 15 is 0 Å². The van der Waals surface area contributed by atoms with Crippen molar-refractivity contribution in [1.29, 1.82) is 0 Å². The van der Waals surface area contributed by atoms with E-state index in [1.165, 1.54) is 0 Å². The molecule has 0 saturated heterocycles. The van der Waals surface area contributed by atoms with Crippen LogP contribution in [0.1, 0.15) is 25.1 Å². The van der Waals surface area contributed by atoms with Crippen LogP contribution in [0.15, 0.2) is 12.3 Å². The summed E-state index contributed by atoms with van der Waals surface area (Å²) >= 11 is 0. The van der Waals surface area contributed by atoms with Gasteiger partial charge in [0.15, 0.2) is 0 Å².